The van der Waals surface area contributed by atoms with Gasteiger partial charge in [0.1, 0.15) is 0 Å². The van der Waals surface area contributed by atoms with E-state index in [1.807, 2.05) is 0 Å². The topological polar surface area (TPSA) is 3.24 Å². The number of rotatable bonds is 0. The van der Waals surface area contributed by atoms with Crippen molar-refractivity contribution in [3.8, 4) is 0 Å². The molecule has 0 aliphatic carbocycles. The second kappa shape index (κ2) is 3.06. The minimum atomic E-state index is 0.681. The van der Waals surface area contributed by atoms with Crippen LogP contribution in [0.15, 0.2) is 23.8 Å². The summed E-state index contributed by atoms with van der Waals surface area (Å²) in [6.45, 7) is 8.81. The summed E-state index contributed by atoms with van der Waals surface area (Å²) >= 11 is 0. The molecule has 12 heavy (non-hydrogen) atoms. The lowest BCUT2D eigenvalue weighted by molar-refractivity contribution is 0.198. The third-order valence-electron chi connectivity index (χ3n) is 2.99. The smallest absolute Gasteiger partial charge is 0.0318 e. The van der Waals surface area contributed by atoms with Crippen molar-refractivity contribution < 1.29 is 0 Å². The number of nitrogens with zero attached hydrogens (tertiary/aromatic N) is 1. The fourth-order valence-electron chi connectivity index (χ4n) is 2.17. The molecule has 1 unspecified atom stereocenters. The summed E-state index contributed by atoms with van der Waals surface area (Å²) in [5.41, 5.74) is 2.99. The normalized spacial score (nSPS) is 31.2. The van der Waals surface area contributed by atoms with Crippen LogP contribution in [0, 0.1) is 0 Å². The van der Waals surface area contributed by atoms with E-state index in [4.69, 9.17) is 0 Å². The molecule has 2 aliphatic rings. The summed E-state index contributed by atoms with van der Waals surface area (Å²) in [4.78, 5) is 2.58. The highest BCUT2D eigenvalue weighted by molar-refractivity contribution is 5.16. The van der Waals surface area contributed by atoms with Crippen LogP contribution in [0.4, 0.5) is 0 Å². The molecule has 1 heteroatoms. The highest BCUT2D eigenvalue weighted by atomic mass is 15.2. The molecule has 1 atom stereocenters. The van der Waals surface area contributed by atoms with Gasteiger partial charge in [0, 0.05) is 19.1 Å². The summed E-state index contributed by atoms with van der Waals surface area (Å²) in [6.07, 6.45) is 6.09. The van der Waals surface area contributed by atoms with E-state index in [1.165, 1.54) is 37.9 Å². The van der Waals surface area contributed by atoms with Crippen LogP contribution >= 0.6 is 0 Å². The first kappa shape index (κ1) is 8.06. The van der Waals surface area contributed by atoms with Gasteiger partial charge in [-0.15, -0.1) is 0 Å². The van der Waals surface area contributed by atoms with Crippen molar-refractivity contribution in [3.63, 3.8) is 0 Å². The van der Waals surface area contributed by atoms with Crippen molar-refractivity contribution in [3.05, 3.63) is 23.8 Å². The Morgan fingerprint density at radius 1 is 1.42 bits per heavy atom. The van der Waals surface area contributed by atoms with Crippen LogP contribution in [0.5, 0.6) is 0 Å². The van der Waals surface area contributed by atoms with Gasteiger partial charge < -0.3 is 0 Å². The maximum atomic E-state index is 4.07. The summed E-state index contributed by atoms with van der Waals surface area (Å²) in [5.74, 6) is 0. The molecule has 1 saturated heterocycles. The average Bonchev–Trinajstić information content (AvgIpc) is 2.03. The maximum Gasteiger partial charge on any atom is 0.0318 e. The van der Waals surface area contributed by atoms with Crippen LogP contribution in [0.1, 0.15) is 26.2 Å². The van der Waals surface area contributed by atoms with E-state index in [1.54, 1.807) is 5.57 Å². The van der Waals surface area contributed by atoms with Crippen LogP contribution in [0.2, 0.25) is 0 Å². The van der Waals surface area contributed by atoms with Gasteiger partial charge in [-0.25, -0.2) is 0 Å². The van der Waals surface area contributed by atoms with Crippen LogP contribution in [-0.4, -0.2) is 24.0 Å². The van der Waals surface area contributed by atoms with Crippen molar-refractivity contribution in [2.24, 2.45) is 0 Å². The first-order valence-electron chi connectivity index (χ1n) is 4.84. The predicted octanol–water partition coefficient (Wildman–Crippen LogP) is 2.36. The van der Waals surface area contributed by atoms with Crippen molar-refractivity contribution in [1.29, 1.82) is 0 Å². The van der Waals surface area contributed by atoms with Gasteiger partial charge in [-0.05, 0) is 26.2 Å². The zero-order valence-electron chi connectivity index (χ0n) is 7.84. The molecule has 0 aromatic rings. The van der Waals surface area contributed by atoms with Crippen molar-refractivity contribution in [2.75, 3.05) is 13.1 Å². The summed E-state index contributed by atoms with van der Waals surface area (Å²) in [5, 5.41) is 0. The van der Waals surface area contributed by atoms with Crippen LogP contribution in [-0.2, 0) is 0 Å². The lowest BCUT2D eigenvalue weighted by Crippen LogP contribution is -2.41. The van der Waals surface area contributed by atoms with E-state index in [0.29, 0.717) is 6.04 Å². The molecule has 0 aromatic carbocycles. The molecule has 0 spiro atoms. The summed E-state index contributed by atoms with van der Waals surface area (Å²) < 4.78 is 0. The van der Waals surface area contributed by atoms with E-state index in [9.17, 15) is 0 Å². The monoisotopic (exact) mass is 163 g/mol. The van der Waals surface area contributed by atoms with Crippen LogP contribution in [0.25, 0.3) is 0 Å². The standard InChI is InChI=1S/C11H17N/c1-9-3-5-12-6-4-10(2)8-11(12)7-9/h8,11H,1,3-7H2,2H3. The molecule has 0 amide bonds. The zero-order valence-corrected chi connectivity index (χ0v) is 7.84. The van der Waals surface area contributed by atoms with Gasteiger partial charge in [-0.1, -0.05) is 23.8 Å². The van der Waals surface area contributed by atoms with Gasteiger partial charge in [0.2, 0.25) is 0 Å². The van der Waals surface area contributed by atoms with Gasteiger partial charge in [-0.3, -0.25) is 4.90 Å². The number of piperidine rings is 1. The molecule has 0 saturated carbocycles. The third-order valence-corrected chi connectivity index (χ3v) is 2.99. The molecule has 2 rings (SSSR count). The molecule has 0 N–H and O–H groups in total. The lowest BCUT2D eigenvalue weighted by Gasteiger charge is -2.38. The molecular weight excluding hydrogens is 146 g/mol. The van der Waals surface area contributed by atoms with Gasteiger partial charge in [0.05, 0.1) is 0 Å². The molecule has 1 fully saturated rings. The minimum Gasteiger partial charge on any atom is -0.296 e. The molecule has 1 nitrogen and oxygen atoms in total. The zero-order chi connectivity index (χ0) is 8.55. The van der Waals surface area contributed by atoms with E-state index in [0.717, 1.165) is 0 Å². The summed E-state index contributed by atoms with van der Waals surface area (Å²) in [7, 11) is 0. The SMILES string of the molecule is C=C1CCN2CCC(C)=CC2C1. The van der Waals surface area contributed by atoms with Gasteiger partial charge in [0.25, 0.3) is 0 Å². The molecule has 66 valence electrons. The largest absolute Gasteiger partial charge is 0.296 e. The Bertz CT molecular complexity index is 227. The van der Waals surface area contributed by atoms with Gasteiger partial charge >= 0.3 is 0 Å². The van der Waals surface area contributed by atoms with Gasteiger partial charge in [-0.2, -0.15) is 0 Å². The Hall–Kier alpha value is -0.560. The second-order valence-electron chi connectivity index (χ2n) is 4.07. The Morgan fingerprint density at radius 3 is 3.00 bits per heavy atom. The second-order valence-corrected chi connectivity index (χ2v) is 4.07. The van der Waals surface area contributed by atoms with E-state index < -0.39 is 0 Å². The minimum absolute atomic E-state index is 0.681. The van der Waals surface area contributed by atoms with E-state index in [2.05, 4.69) is 24.5 Å². The highest BCUT2D eigenvalue weighted by Gasteiger charge is 2.24. The molecule has 2 heterocycles. The van der Waals surface area contributed by atoms with Crippen molar-refractivity contribution in [1.82, 2.24) is 4.90 Å². The third kappa shape index (κ3) is 1.46. The number of fused-ring (bicyclic) bond motifs is 1. The number of hydrogen-bond donors (Lipinski definition) is 0. The first-order chi connectivity index (χ1) is 5.75. The molecule has 2 aliphatic heterocycles. The Kier molecular flexibility index (Phi) is 2.05. The highest BCUT2D eigenvalue weighted by Crippen LogP contribution is 2.26. The predicted molar refractivity (Wildman–Crippen MR) is 52.1 cm³/mol. The average molecular weight is 163 g/mol. The van der Waals surface area contributed by atoms with E-state index >= 15 is 0 Å². The van der Waals surface area contributed by atoms with Gasteiger partial charge in [0.15, 0.2) is 0 Å². The molecule has 0 bridgehead atoms. The Balaban J connectivity index is 2.12. The molecule has 0 aromatic heterocycles. The lowest BCUT2D eigenvalue weighted by atomic mass is 9.92. The van der Waals surface area contributed by atoms with Crippen molar-refractivity contribution in [2.45, 2.75) is 32.2 Å². The van der Waals surface area contributed by atoms with Crippen LogP contribution < -0.4 is 0 Å². The number of hydrogen-bond acceptors (Lipinski definition) is 1. The Labute approximate surface area is 74.8 Å². The maximum absolute atomic E-state index is 4.07. The van der Waals surface area contributed by atoms with Crippen molar-refractivity contribution >= 4 is 0 Å². The molecule has 0 radical (unpaired) electrons. The quantitative estimate of drug-likeness (QED) is 0.495. The fourth-order valence-corrected chi connectivity index (χ4v) is 2.17. The van der Waals surface area contributed by atoms with E-state index in [-0.39, 0.29) is 0 Å². The fraction of sp³-hybridized carbons (Fsp3) is 0.636. The first-order valence-corrected chi connectivity index (χ1v) is 4.84. The molecular formula is C11H17N. The van der Waals surface area contributed by atoms with Crippen LogP contribution in [0.3, 0.4) is 0 Å². The summed E-state index contributed by atoms with van der Waals surface area (Å²) in [6, 6.07) is 0.681. The Morgan fingerprint density at radius 2 is 2.17 bits per heavy atom.